The van der Waals surface area contributed by atoms with E-state index in [-0.39, 0.29) is 18.4 Å². The van der Waals surface area contributed by atoms with Gasteiger partial charge >= 0.3 is 5.97 Å². The fourth-order valence-electron chi connectivity index (χ4n) is 3.89. The first-order valence-corrected chi connectivity index (χ1v) is 7.74. The molecule has 5 nitrogen and oxygen atoms in total. The van der Waals surface area contributed by atoms with E-state index in [0.29, 0.717) is 23.3 Å². The molecule has 0 radical (unpaired) electrons. The van der Waals surface area contributed by atoms with E-state index >= 15 is 0 Å². The quantitative estimate of drug-likeness (QED) is 0.863. The molecule has 0 spiro atoms. The molecule has 3 atom stereocenters. The summed E-state index contributed by atoms with van der Waals surface area (Å²) in [4.78, 5) is 14.0. The fourth-order valence-corrected chi connectivity index (χ4v) is 3.89. The number of aryl methyl sites for hydroxylation is 1. The Morgan fingerprint density at radius 2 is 2.23 bits per heavy atom. The number of carbonyl (C=O) groups excluding carboxylic acids is 1. The number of furan rings is 1. The third-order valence-electron chi connectivity index (χ3n) is 4.98. The highest BCUT2D eigenvalue weighted by molar-refractivity contribution is 5.90. The Morgan fingerprint density at radius 1 is 1.45 bits per heavy atom. The Hall–Kier alpha value is -1.04. The lowest BCUT2D eigenvalue weighted by molar-refractivity contribution is 0.0599. The predicted octanol–water partition coefficient (Wildman–Crippen LogP) is 2.36. The molecule has 1 saturated carbocycles. The van der Waals surface area contributed by atoms with Crippen molar-refractivity contribution in [3.8, 4) is 0 Å². The zero-order valence-electron chi connectivity index (χ0n) is 13.2. The first-order valence-electron chi connectivity index (χ1n) is 7.74. The van der Waals surface area contributed by atoms with Crippen LogP contribution in [0.15, 0.2) is 10.5 Å². The first-order chi connectivity index (χ1) is 10.1. The minimum atomic E-state index is -0.334. The van der Waals surface area contributed by atoms with Gasteiger partial charge in [0.25, 0.3) is 0 Å². The number of nitrogens with zero attached hydrogens (tertiary/aromatic N) is 1. The van der Waals surface area contributed by atoms with E-state index in [2.05, 4.69) is 4.90 Å². The second-order valence-electron chi connectivity index (χ2n) is 6.39. The van der Waals surface area contributed by atoms with Gasteiger partial charge < -0.3 is 14.9 Å². The molecular formula is C16H25ClN2O3. The maximum absolute atomic E-state index is 11.6. The van der Waals surface area contributed by atoms with Crippen LogP contribution in [-0.4, -0.2) is 37.1 Å². The molecule has 0 amide bonds. The lowest BCUT2D eigenvalue weighted by Gasteiger charge is -2.29. The van der Waals surface area contributed by atoms with Crippen molar-refractivity contribution in [3.63, 3.8) is 0 Å². The summed E-state index contributed by atoms with van der Waals surface area (Å²) in [5.41, 5.74) is 6.78. The molecule has 22 heavy (non-hydrogen) atoms. The second-order valence-corrected chi connectivity index (χ2v) is 6.39. The van der Waals surface area contributed by atoms with Gasteiger partial charge in [-0.1, -0.05) is 6.42 Å². The smallest absolute Gasteiger partial charge is 0.341 e. The first kappa shape index (κ1) is 17.3. The van der Waals surface area contributed by atoms with Gasteiger partial charge in [0.2, 0.25) is 0 Å². The summed E-state index contributed by atoms with van der Waals surface area (Å²) in [5.74, 6) is 2.48. The number of methoxy groups -OCH3 is 1. The summed E-state index contributed by atoms with van der Waals surface area (Å²) in [6.45, 7) is 4.68. The van der Waals surface area contributed by atoms with Crippen LogP contribution in [0.1, 0.15) is 41.1 Å². The molecule has 124 valence electrons. The van der Waals surface area contributed by atoms with Crippen LogP contribution in [-0.2, 0) is 11.3 Å². The Bertz CT molecular complexity index is 531. The van der Waals surface area contributed by atoms with Gasteiger partial charge in [-0.25, -0.2) is 4.79 Å². The molecular weight excluding hydrogens is 304 g/mol. The summed E-state index contributed by atoms with van der Waals surface area (Å²) in [5, 5.41) is 0. The van der Waals surface area contributed by atoms with Gasteiger partial charge in [-0.3, -0.25) is 4.90 Å². The highest BCUT2D eigenvalue weighted by Crippen LogP contribution is 2.36. The molecule has 3 rings (SSSR count). The number of esters is 1. The summed E-state index contributed by atoms with van der Waals surface area (Å²) in [6, 6.07) is 2.15. The Labute approximate surface area is 137 Å². The number of fused-ring (bicyclic) bond motifs is 1. The Balaban J connectivity index is 0.00000176. The van der Waals surface area contributed by atoms with Crippen LogP contribution in [0.3, 0.4) is 0 Å². The molecule has 0 aromatic carbocycles. The fraction of sp³-hybridized carbons (Fsp3) is 0.688. The van der Waals surface area contributed by atoms with Crippen molar-refractivity contribution in [3.05, 3.63) is 23.2 Å². The van der Waals surface area contributed by atoms with Crippen LogP contribution in [0.5, 0.6) is 0 Å². The van der Waals surface area contributed by atoms with Gasteiger partial charge in [0, 0.05) is 19.1 Å². The Kier molecular flexibility index (Phi) is 5.53. The summed E-state index contributed by atoms with van der Waals surface area (Å²) >= 11 is 0. The number of rotatable bonds is 3. The second kappa shape index (κ2) is 7.02. The van der Waals surface area contributed by atoms with Crippen molar-refractivity contribution >= 4 is 18.4 Å². The maximum Gasteiger partial charge on any atom is 0.341 e. The molecule has 1 saturated heterocycles. The zero-order chi connectivity index (χ0) is 15.0. The standard InChI is InChI=1S/C16H24N2O3.ClH/c1-10-13(16(19)20-2)6-12(21-10)8-18-7-11-4-3-5-15(17)14(11)9-18;/h6,11,14-15H,3-5,7-9,17H2,1-2H3;1H. The summed E-state index contributed by atoms with van der Waals surface area (Å²) < 4.78 is 10.5. The van der Waals surface area contributed by atoms with E-state index in [1.807, 2.05) is 6.07 Å². The van der Waals surface area contributed by atoms with Crippen LogP contribution in [0.2, 0.25) is 0 Å². The van der Waals surface area contributed by atoms with Gasteiger partial charge in [-0.15, -0.1) is 12.4 Å². The monoisotopic (exact) mass is 328 g/mol. The van der Waals surface area contributed by atoms with Crippen LogP contribution in [0.25, 0.3) is 0 Å². The molecule has 2 fully saturated rings. The highest BCUT2D eigenvalue weighted by atomic mass is 35.5. The van der Waals surface area contributed by atoms with Gasteiger partial charge in [0.05, 0.1) is 13.7 Å². The summed E-state index contributed by atoms with van der Waals surface area (Å²) in [7, 11) is 1.39. The predicted molar refractivity (Wildman–Crippen MR) is 86.1 cm³/mol. The van der Waals surface area contributed by atoms with E-state index in [9.17, 15) is 4.79 Å². The van der Waals surface area contributed by atoms with Crippen molar-refractivity contribution in [1.82, 2.24) is 4.90 Å². The number of hydrogen-bond acceptors (Lipinski definition) is 5. The van der Waals surface area contributed by atoms with Crippen LogP contribution < -0.4 is 5.73 Å². The third-order valence-corrected chi connectivity index (χ3v) is 4.98. The average Bonchev–Trinajstić information content (AvgIpc) is 3.02. The van der Waals surface area contributed by atoms with Crippen molar-refractivity contribution < 1.29 is 13.9 Å². The highest BCUT2D eigenvalue weighted by Gasteiger charge is 2.38. The van der Waals surface area contributed by atoms with Gasteiger partial charge in [-0.2, -0.15) is 0 Å². The third kappa shape index (κ3) is 3.31. The minimum Gasteiger partial charge on any atom is -0.465 e. The minimum absolute atomic E-state index is 0. The molecule has 1 aromatic heterocycles. The lowest BCUT2D eigenvalue weighted by atomic mass is 9.78. The number of halogens is 1. The van der Waals surface area contributed by atoms with Crippen LogP contribution >= 0.6 is 12.4 Å². The molecule has 2 aliphatic rings. The molecule has 2 N–H and O–H groups in total. The SMILES string of the molecule is COC(=O)c1cc(CN2CC3CCCC(N)C3C2)oc1C.Cl. The van der Waals surface area contributed by atoms with E-state index < -0.39 is 0 Å². The average molecular weight is 329 g/mol. The number of carbonyl (C=O) groups is 1. The van der Waals surface area contributed by atoms with Crippen molar-refractivity contribution in [2.45, 2.75) is 38.8 Å². The van der Waals surface area contributed by atoms with Crippen LogP contribution in [0.4, 0.5) is 0 Å². The van der Waals surface area contributed by atoms with E-state index in [4.69, 9.17) is 14.9 Å². The van der Waals surface area contributed by atoms with Gasteiger partial charge in [-0.05, 0) is 37.7 Å². The van der Waals surface area contributed by atoms with E-state index in [1.54, 1.807) is 6.92 Å². The molecule has 1 aliphatic heterocycles. The number of ether oxygens (including phenoxy) is 1. The molecule has 1 aliphatic carbocycles. The van der Waals surface area contributed by atoms with Gasteiger partial charge in [0.15, 0.2) is 0 Å². The largest absolute Gasteiger partial charge is 0.465 e. The molecule has 6 heteroatoms. The van der Waals surface area contributed by atoms with Gasteiger partial charge in [0.1, 0.15) is 17.1 Å². The van der Waals surface area contributed by atoms with Crippen molar-refractivity contribution in [1.29, 1.82) is 0 Å². The molecule has 3 unspecified atom stereocenters. The Morgan fingerprint density at radius 3 is 2.91 bits per heavy atom. The zero-order valence-corrected chi connectivity index (χ0v) is 14.0. The summed E-state index contributed by atoms with van der Waals surface area (Å²) in [6.07, 6.45) is 3.70. The lowest BCUT2D eigenvalue weighted by Crippen LogP contribution is -2.38. The molecule has 0 bridgehead atoms. The number of hydrogen-bond donors (Lipinski definition) is 1. The van der Waals surface area contributed by atoms with Crippen molar-refractivity contribution in [2.75, 3.05) is 20.2 Å². The normalized spacial score (nSPS) is 28.0. The number of likely N-dealkylation sites (tertiary alicyclic amines) is 1. The topological polar surface area (TPSA) is 68.7 Å². The molecule has 1 aromatic rings. The molecule has 2 heterocycles. The maximum atomic E-state index is 11.6. The van der Waals surface area contributed by atoms with E-state index in [1.165, 1.54) is 20.0 Å². The van der Waals surface area contributed by atoms with E-state index in [0.717, 1.165) is 37.7 Å². The number of nitrogens with two attached hydrogens (primary N) is 1. The van der Waals surface area contributed by atoms with Crippen LogP contribution in [0, 0.1) is 18.8 Å². The van der Waals surface area contributed by atoms with Crippen molar-refractivity contribution in [2.24, 2.45) is 17.6 Å².